The van der Waals surface area contributed by atoms with Gasteiger partial charge in [0.2, 0.25) is 10.0 Å². The van der Waals surface area contributed by atoms with Crippen molar-refractivity contribution in [3.8, 4) is 0 Å². The first-order valence-corrected chi connectivity index (χ1v) is 10.9. The Morgan fingerprint density at radius 2 is 1.88 bits per heavy atom. The van der Waals surface area contributed by atoms with Crippen LogP contribution in [0.5, 0.6) is 0 Å². The fourth-order valence-corrected chi connectivity index (χ4v) is 7.39. The summed E-state index contributed by atoms with van der Waals surface area (Å²) >= 11 is 0. The summed E-state index contributed by atoms with van der Waals surface area (Å²) in [6, 6.07) is 0. The molecular weight excluding hydrogens is 342 g/mol. The van der Waals surface area contributed by atoms with Crippen LogP contribution in [0.1, 0.15) is 52.9 Å². The molecule has 3 fully saturated rings. The molecule has 7 heteroatoms. The van der Waals surface area contributed by atoms with Gasteiger partial charge >= 0.3 is 5.97 Å². The molecule has 2 saturated carbocycles. The second-order valence-electron chi connectivity index (χ2n) is 8.35. The highest BCUT2D eigenvalue weighted by Gasteiger charge is 2.65. The minimum atomic E-state index is -3.52. The number of esters is 1. The molecule has 3 aliphatic rings. The molecule has 6 nitrogen and oxygen atoms in total. The maximum Gasteiger partial charge on any atom is 0.309 e. The molecule has 0 spiro atoms. The average Bonchev–Trinajstić information content (AvgIpc) is 2.89. The first-order chi connectivity index (χ1) is 11.6. The van der Waals surface area contributed by atoms with Gasteiger partial charge in [-0.25, -0.2) is 12.7 Å². The summed E-state index contributed by atoms with van der Waals surface area (Å²) in [5.41, 5.74) is -0.977. The van der Waals surface area contributed by atoms with Crippen LogP contribution >= 0.6 is 0 Å². The lowest BCUT2D eigenvalue weighted by molar-refractivity contribution is -0.149. The van der Waals surface area contributed by atoms with E-state index in [1.165, 1.54) is 4.31 Å². The molecule has 3 rings (SSSR count). The second kappa shape index (κ2) is 6.34. The Hall–Kier alpha value is -0.950. The maximum atomic E-state index is 13.0. The Kier molecular flexibility index (Phi) is 4.77. The zero-order valence-electron chi connectivity index (χ0n) is 15.4. The molecule has 0 N–H and O–H groups in total. The van der Waals surface area contributed by atoms with Gasteiger partial charge in [-0.2, -0.15) is 0 Å². The molecule has 0 aromatic heterocycles. The van der Waals surface area contributed by atoms with Gasteiger partial charge in [-0.1, -0.05) is 13.8 Å². The topological polar surface area (TPSA) is 80.8 Å². The van der Waals surface area contributed by atoms with E-state index < -0.39 is 15.4 Å². The van der Waals surface area contributed by atoms with E-state index in [4.69, 9.17) is 4.74 Å². The van der Waals surface area contributed by atoms with Crippen molar-refractivity contribution in [2.75, 3.05) is 25.4 Å². The Morgan fingerprint density at radius 1 is 1.24 bits per heavy atom. The number of nitrogens with zero attached hydrogens (tertiary/aromatic N) is 1. The van der Waals surface area contributed by atoms with Crippen molar-refractivity contribution in [3.05, 3.63) is 0 Å². The van der Waals surface area contributed by atoms with Gasteiger partial charge in [-0.15, -0.1) is 0 Å². The number of ketones is 1. The number of hydrogen-bond donors (Lipinski definition) is 0. The summed E-state index contributed by atoms with van der Waals surface area (Å²) in [5, 5.41) is 0. The van der Waals surface area contributed by atoms with E-state index in [1.54, 1.807) is 6.92 Å². The highest BCUT2D eigenvalue weighted by Crippen LogP contribution is 2.64. The lowest BCUT2D eigenvalue weighted by Gasteiger charge is -2.38. The number of hydrogen-bond acceptors (Lipinski definition) is 5. The molecule has 1 heterocycles. The number of fused-ring (bicyclic) bond motifs is 2. The molecular formula is C18H29NO5S. The largest absolute Gasteiger partial charge is 0.466 e. The minimum absolute atomic E-state index is 0.0770. The van der Waals surface area contributed by atoms with Crippen molar-refractivity contribution in [1.29, 1.82) is 0 Å². The third kappa shape index (κ3) is 2.93. The van der Waals surface area contributed by atoms with Crippen LogP contribution in [-0.4, -0.2) is 49.9 Å². The molecule has 0 aromatic rings. The zero-order chi connectivity index (χ0) is 18.5. The summed E-state index contributed by atoms with van der Waals surface area (Å²) in [4.78, 5) is 24.4. The fourth-order valence-electron chi connectivity index (χ4n) is 5.14. The van der Waals surface area contributed by atoms with E-state index in [2.05, 4.69) is 13.8 Å². The van der Waals surface area contributed by atoms with E-state index >= 15 is 0 Å². The first-order valence-electron chi connectivity index (χ1n) is 9.32. The predicted molar refractivity (Wildman–Crippen MR) is 93.3 cm³/mol. The van der Waals surface area contributed by atoms with E-state index in [0.717, 1.165) is 6.42 Å². The van der Waals surface area contributed by atoms with Gasteiger partial charge in [0.25, 0.3) is 0 Å². The molecule has 25 heavy (non-hydrogen) atoms. The number of Topliss-reactive ketones (excluding diaryl/α,β-unsaturated/α-hetero) is 1. The number of piperidine rings is 1. The van der Waals surface area contributed by atoms with Gasteiger partial charge in [0, 0.05) is 24.9 Å². The van der Waals surface area contributed by atoms with Crippen LogP contribution < -0.4 is 0 Å². The predicted octanol–water partition coefficient (Wildman–Crippen LogP) is 1.99. The van der Waals surface area contributed by atoms with Crippen molar-refractivity contribution in [3.63, 3.8) is 0 Å². The summed E-state index contributed by atoms with van der Waals surface area (Å²) in [7, 11) is -3.52. The van der Waals surface area contributed by atoms with Crippen molar-refractivity contribution in [1.82, 2.24) is 4.31 Å². The van der Waals surface area contributed by atoms with Crippen LogP contribution in [0, 0.1) is 22.7 Å². The molecule has 2 aliphatic carbocycles. The Bertz CT molecular complexity index is 663. The van der Waals surface area contributed by atoms with Gasteiger partial charge in [0.1, 0.15) is 5.78 Å². The van der Waals surface area contributed by atoms with Crippen LogP contribution in [-0.2, 0) is 24.3 Å². The second-order valence-corrected chi connectivity index (χ2v) is 10.3. The number of ether oxygens (including phenoxy) is 1. The third-order valence-electron chi connectivity index (χ3n) is 7.04. The van der Waals surface area contributed by atoms with Gasteiger partial charge in [0.15, 0.2) is 0 Å². The molecule has 142 valence electrons. The smallest absolute Gasteiger partial charge is 0.309 e. The summed E-state index contributed by atoms with van der Waals surface area (Å²) in [5.74, 6) is -0.0933. The number of sulfonamides is 1. The maximum absolute atomic E-state index is 13.0. The van der Waals surface area contributed by atoms with Crippen molar-refractivity contribution < 1.29 is 22.7 Å². The molecule has 1 aliphatic heterocycles. The Labute approximate surface area is 150 Å². The molecule has 2 atom stereocenters. The normalized spacial score (nSPS) is 32.9. The Balaban J connectivity index is 1.70. The molecule has 0 radical (unpaired) electrons. The summed E-state index contributed by atoms with van der Waals surface area (Å²) in [6.45, 7) is 6.89. The third-order valence-corrected chi connectivity index (χ3v) is 9.04. The lowest BCUT2D eigenvalue weighted by Crippen LogP contribution is -2.48. The van der Waals surface area contributed by atoms with E-state index in [1.807, 2.05) is 0 Å². The highest BCUT2D eigenvalue weighted by atomic mass is 32.2. The van der Waals surface area contributed by atoms with Gasteiger partial charge in [-0.05, 0) is 43.9 Å². The summed E-state index contributed by atoms with van der Waals surface area (Å²) in [6.07, 6.45) is 3.13. The van der Waals surface area contributed by atoms with Crippen molar-refractivity contribution in [2.24, 2.45) is 22.7 Å². The lowest BCUT2D eigenvalue weighted by atomic mass is 9.70. The number of carbonyl (C=O) groups excluding carboxylic acids is 2. The average molecular weight is 371 g/mol. The highest BCUT2D eigenvalue weighted by molar-refractivity contribution is 7.89. The molecule has 0 amide bonds. The van der Waals surface area contributed by atoms with Crippen LogP contribution in [0.3, 0.4) is 0 Å². The molecule has 2 bridgehead atoms. The quantitative estimate of drug-likeness (QED) is 0.691. The van der Waals surface area contributed by atoms with Crippen LogP contribution in [0.15, 0.2) is 0 Å². The van der Waals surface area contributed by atoms with Gasteiger partial charge in [-0.3, -0.25) is 9.59 Å². The standard InChI is InChI=1S/C18H29NO5S/c1-4-24-16(21)13-6-9-19(10-7-13)25(22,23)12-18-8-5-14(11-15(18)20)17(18,2)3/h13-14H,4-12H2,1-3H3/t14-,18+/m0/s1. The minimum Gasteiger partial charge on any atom is -0.466 e. The first kappa shape index (κ1) is 18.8. The molecule has 1 saturated heterocycles. The van der Waals surface area contributed by atoms with Crippen LogP contribution in [0.4, 0.5) is 0 Å². The summed E-state index contributed by atoms with van der Waals surface area (Å²) < 4.78 is 32.6. The van der Waals surface area contributed by atoms with Gasteiger partial charge < -0.3 is 4.74 Å². The molecule has 0 unspecified atom stereocenters. The Morgan fingerprint density at radius 3 is 2.36 bits per heavy atom. The SMILES string of the molecule is CCOC(=O)C1CCN(S(=O)(=O)C[C@]23CC[C@@H](CC2=O)C3(C)C)CC1. The van der Waals surface area contributed by atoms with Gasteiger partial charge in [0.05, 0.1) is 18.3 Å². The monoisotopic (exact) mass is 371 g/mol. The number of carbonyl (C=O) groups is 2. The fraction of sp³-hybridized carbons (Fsp3) is 0.889. The van der Waals surface area contributed by atoms with E-state index in [-0.39, 0.29) is 28.8 Å². The van der Waals surface area contributed by atoms with E-state index in [0.29, 0.717) is 51.3 Å². The van der Waals surface area contributed by atoms with E-state index in [9.17, 15) is 18.0 Å². The molecule has 0 aromatic carbocycles. The van der Waals surface area contributed by atoms with Crippen molar-refractivity contribution in [2.45, 2.75) is 52.9 Å². The van der Waals surface area contributed by atoms with Crippen LogP contribution in [0.25, 0.3) is 0 Å². The van der Waals surface area contributed by atoms with Crippen LogP contribution in [0.2, 0.25) is 0 Å². The van der Waals surface area contributed by atoms with Crippen molar-refractivity contribution >= 4 is 21.8 Å². The number of rotatable bonds is 5. The zero-order valence-corrected chi connectivity index (χ0v) is 16.2.